The molecule has 0 aliphatic rings. The van der Waals surface area contributed by atoms with Gasteiger partial charge in [0.15, 0.2) is 0 Å². The van der Waals surface area contributed by atoms with E-state index < -0.39 is 5.54 Å². The van der Waals surface area contributed by atoms with Crippen LogP contribution in [0.2, 0.25) is 0 Å². The zero-order valence-electron chi connectivity index (χ0n) is 9.75. The number of rotatable bonds is 4. The number of hydrogen-bond donors (Lipinski definition) is 2. The molecule has 3 N–H and O–H groups in total. The van der Waals surface area contributed by atoms with Crippen molar-refractivity contribution >= 4 is 21.8 Å². The first kappa shape index (κ1) is 13.2. The maximum atomic E-state index is 11.6. The van der Waals surface area contributed by atoms with Gasteiger partial charge in [0.05, 0.1) is 0 Å². The molecule has 1 aromatic carbocycles. The van der Waals surface area contributed by atoms with Gasteiger partial charge in [0, 0.05) is 10.5 Å². The molecule has 0 aromatic heterocycles. The lowest BCUT2D eigenvalue weighted by Gasteiger charge is -2.30. The van der Waals surface area contributed by atoms with Crippen molar-refractivity contribution in [2.45, 2.75) is 32.4 Å². The highest BCUT2D eigenvalue weighted by Crippen LogP contribution is 2.23. The van der Waals surface area contributed by atoms with Crippen LogP contribution >= 0.6 is 15.9 Å². The Hall–Kier alpha value is -0.870. The second-order valence-corrected chi connectivity index (χ2v) is 5.21. The van der Waals surface area contributed by atoms with Gasteiger partial charge in [-0.05, 0) is 38.5 Å². The highest BCUT2D eigenvalue weighted by Gasteiger charge is 2.33. The van der Waals surface area contributed by atoms with Crippen molar-refractivity contribution in [1.82, 2.24) is 5.32 Å². The number of carbonyl (C=O) groups excluding carboxylic acids is 1. The molecular formula is C12H17BrN2O. The summed E-state index contributed by atoms with van der Waals surface area (Å²) in [6.07, 6.45) is 0. The molecular weight excluding hydrogens is 268 g/mol. The molecule has 4 heteroatoms. The van der Waals surface area contributed by atoms with E-state index in [1.807, 2.05) is 38.1 Å². The summed E-state index contributed by atoms with van der Waals surface area (Å²) in [4.78, 5) is 11.6. The van der Waals surface area contributed by atoms with Gasteiger partial charge < -0.3 is 5.73 Å². The van der Waals surface area contributed by atoms with E-state index in [2.05, 4.69) is 21.2 Å². The zero-order valence-corrected chi connectivity index (χ0v) is 11.3. The van der Waals surface area contributed by atoms with E-state index in [4.69, 9.17) is 5.73 Å². The Labute approximate surface area is 105 Å². The van der Waals surface area contributed by atoms with Gasteiger partial charge in [-0.2, -0.15) is 0 Å². The van der Waals surface area contributed by atoms with Gasteiger partial charge in [0.25, 0.3) is 0 Å². The highest BCUT2D eigenvalue weighted by molar-refractivity contribution is 9.10. The van der Waals surface area contributed by atoms with Gasteiger partial charge in [0.2, 0.25) is 5.91 Å². The average Bonchev–Trinajstić information content (AvgIpc) is 2.17. The maximum Gasteiger partial charge on any atom is 0.242 e. The van der Waals surface area contributed by atoms with Crippen LogP contribution in [0.15, 0.2) is 28.7 Å². The molecule has 0 aliphatic carbocycles. The van der Waals surface area contributed by atoms with E-state index in [0.717, 1.165) is 10.0 Å². The average molecular weight is 285 g/mol. The second kappa shape index (κ2) is 4.97. The molecule has 1 atom stereocenters. The number of nitrogens with one attached hydrogen (secondary N) is 1. The standard InChI is InChI=1S/C12H17BrN2O/c1-8(2)15-12(3,11(14)16)9-4-6-10(13)7-5-9/h4-8,15H,1-3H3,(H2,14,16). The van der Waals surface area contributed by atoms with Gasteiger partial charge in [-0.15, -0.1) is 0 Å². The van der Waals surface area contributed by atoms with Crippen molar-refractivity contribution in [3.8, 4) is 0 Å². The summed E-state index contributed by atoms with van der Waals surface area (Å²) in [5.74, 6) is -0.372. The summed E-state index contributed by atoms with van der Waals surface area (Å²) in [5, 5.41) is 3.20. The van der Waals surface area contributed by atoms with Crippen molar-refractivity contribution in [3.63, 3.8) is 0 Å². The van der Waals surface area contributed by atoms with Gasteiger partial charge >= 0.3 is 0 Å². The van der Waals surface area contributed by atoms with E-state index in [0.29, 0.717) is 0 Å². The van der Waals surface area contributed by atoms with Crippen molar-refractivity contribution < 1.29 is 4.79 Å². The van der Waals surface area contributed by atoms with Crippen LogP contribution in [-0.2, 0) is 10.3 Å². The molecule has 0 saturated carbocycles. The molecule has 0 bridgehead atoms. The maximum absolute atomic E-state index is 11.6. The number of carbonyl (C=O) groups is 1. The first-order valence-electron chi connectivity index (χ1n) is 5.20. The smallest absolute Gasteiger partial charge is 0.242 e. The van der Waals surface area contributed by atoms with Gasteiger partial charge in [-0.1, -0.05) is 28.1 Å². The summed E-state index contributed by atoms with van der Waals surface area (Å²) in [7, 11) is 0. The molecule has 88 valence electrons. The van der Waals surface area contributed by atoms with Crippen LogP contribution in [0.3, 0.4) is 0 Å². The lowest BCUT2D eigenvalue weighted by molar-refractivity contribution is -0.124. The Bertz CT molecular complexity index is 375. The number of hydrogen-bond acceptors (Lipinski definition) is 2. The fourth-order valence-corrected chi connectivity index (χ4v) is 1.92. The van der Waals surface area contributed by atoms with Crippen LogP contribution < -0.4 is 11.1 Å². The minimum Gasteiger partial charge on any atom is -0.368 e. The van der Waals surface area contributed by atoms with Crippen LogP contribution in [0.5, 0.6) is 0 Å². The molecule has 0 spiro atoms. The van der Waals surface area contributed by atoms with Crippen molar-refractivity contribution in [1.29, 1.82) is 0 Å². The predicted octanol–water partition coefficient (Wildman–Crippen LogP) is 2.15. The molecule has 3 nitrogen and oxygen atoms in total. The van der Waals surface area contributed by atoms with Gasteiger partial charge in [-0.25, -0.2) is 0 Å². The molecule has 1 aromatic rings. The van der Waals surface area contributed by atoms with Crippen LogP contribution in [0.25, 0.3) is 0 Å². The second-order valence-electron chi connectivity index (χ2n) is 4.30. The highest BCUT2D eigenvalue weighted by atomic mass is 79.9. The van der Waals surface area contributed by atoms with Crippen LogP contribution in [0.1, 0.15) is 26.3 Å². The van der Waals surface area contributed by atoms with E-state index in [1.165, 1.54) is 0 Å². The molecule has 0 heterocycles. The van der Waals surface area contributed by atoms with Crippen molar-refractivity contribution in [2.24, 2.45) is 5.73 Å². The summed E-state index contributed by atoms with van der Waals surface area (Å²) in [5.41, 5.74) is 5.52. The molecule has 0 fully saturated rings. The Kier molecular flexibility index (Phi) is 4.10. The molecule has 0 saturated heterocycles. The largest absolute Gasteiger partial charge is 0.368 e. The van der Waals surface area contributed by atoms with Crippen molar-refractivity contribution in [3.05, 3.63) is 34.3 Å². The summed E-state index contributed by atoms with van der Waals surface area (Å²) in [6, 6.07) is 7.77. The minimum atomic E-state index is -0.825. The Morgan fingerprint density at radius 3 is 2.25 bits per heavy atom. The fourth-order valence-electron chi connectivity index (χ4n) is 1.66. The Balaban J connectivity index is 3.11. The van der Waals surface area contributed by atoms with E-state index in [9.17, 15) is 4.79 Å². The van der Waals surface area contributed by atoms with E-state index >= 15 is 0 Å². The van der Waals surface area contributed by atoms with Crippen LogP contribution in [-0.4, -0.2) is 11.9 Å². The minimum absolute atomic E-state index is 0.182. The third-order valence-corrected chi connectivity index (χ3v) is 3.02. The van der Waals surface area contributed by atoms with Gasteiger partial charge in [0.1, 0.15) is 5.54 Å². The van der Waals surface area contributed by atoms with E-state index in [-0.39, 0.29) is 11.9 Å². The fraction of sp³-hybridized carbons (Fsp3) is 0.417. The van der Waals surface area contributed by atoms with Crippen LogP contribution in [0, 0.1) is 0 Å². The number of primary amides is 1. The van der Waals surface area contributed by atoms with Gasteiger partial charge in [-0.3, -0.25) is 10.1 Å². The normalized spacial score (nSPS) is 14.8. The number of halogens is 1. The Morgan fingerprint density at radius 1 is 1.38 bits per heavy atom. The SMILES string of the molecule is CC(C)NC(C)(C(N)=O)c1ccc(Br)cc1. The summed E-state index contributed by atoms with van der Waals surface area (Å²) in [6.45, 7) is 5.78. The predicted molar refractivity (Wildman–Crippen MR) is 69.0 cm³/mol. The molecule has 0 aliphatic heterocycles. The lowest BCUT2D eigenvalue weighted by Crippen LogP contribution is -2.52. The third kappa shape index (κ3) is 2.83. The zero-order chi connectivity index (χ0) is 12.3. The number of nitrogens with two attached hydrogens (primary N) is 1. The first-order chi connectivity index (χ1) is 7.36. The van der Waals surface area contributed by atoms with Crippen LogP contribution in [0.4, 0.5) is 0 Å². The van der Waals surface area contributed by atoms with E-state index in [1.54, 1.807) is 6.92 Å². The molecule has 0 radical (unpaired) electrons. The topological polar surface area (TPSA) is 55.1 Å². The van der Waals surface area contributed by atoms with Crippen molar-refractivity contribution in [2.75, 3.05) is 0 Å². The third-order valence-electron chi connectivity index (χ3n) is 2.49. The summed E-state index contributed by atoms with van der Waals surface area (Å²) >= 11 is 3.36. The molecule has 1 unspecified atom stereocenters. The quantitative estimate of drug-likeness (QED) is 0.890. The number of benzene rings is 1. The molecule has 1 amide bonds. The lowest BCUT2D eigenvalue weighted by atomic mass is 9.90. The molecule has 1 rings (SSSR count). The number of amides is 1. The monoisotopic (exact) mass is 284 g/mol. The Morgan fingerprint density at radius 2 is 1.88 bits per heavy atom. The first-order valence-corrected chi connectivity index (χ1v) is 5.99. The molecule has 16 heavy (non-hydrogen) atoms. The summed E-state index contributed by atoms with van der Waals surface area (Å²) < 4.78 is 0.979.